The average molecular weight is 443 g/mol. The number of hydrogen-bond donors (Lipinski definition) is 1. The lowest BCUT2D eigenvalue weighted by molar-refractivity contribution is 0.0739. The van der Waals surface area contributed by atoms with Crippen LogP contribution in [0.25, 0.3) is 0 Å². The van der Waals surface area contributed by atoms with Crippen molar-refractivity contribution < 1.29 is 17.6 Å². The fourth-order valence-corrected chi connectivity index (χ4v) is 3.96. The van der Waals surface area contributed by atoms with E-state index in [0.717, 1.165) is 15.6 Å². The number of nitrogens with one attached hydrogen (secondary N) is 1. The first-order chi connectivity index (χ1) is 14.7. The highest BCUT2D eigenvalue weighted by molar-refractivity contribution is 7.89. The van der Waals surface area contributed by atoms with E-state index in [-0.39, 0.29) is 22.4 Å². The Bertz CT molecular complexity index is 1130. The average Bonchev–Trinajstić information content (AvgIpc) is 3.30. The molecule has 1 atom stereocenters. The SMILES string of the molecule is C[C@H](c1ccccn1)N(C)C(=O)c1cc(NCc2ccoc2)cc(S(=O)(=O)N(C)C)c1. The van der Waals surface area contributed by atoms with Crippen molar-refractivity contribution in [3.63, 3.8) is 0 Å². The number of carbonyl (C=O) groups is 1. The Kier molecular flexibility index (Phi) is 6.77. The minimum Gasteiger partial charge on any atom is -0.472 e. The third-order valence-electron chi connectivity index (χ3n) is 5.03. The van der Waals surface area contributed by atoms with Crippen LogP contribution in [0.15, 0.2) is 70.5 Å². The molecule has 1 N–H and O–H groups in total. The molecule has 0 radical (unpaired) electrons. The van der Waals surface area contributed by atoms with Crippen molar-refractivity contribution >= 4 is 21.6 Å². The molecule has 2 aromatic heterocycles. The van der Waals surface area contributed by atoms with Crippen LogP contribution in [-0.2, 0) is 16.6 Å². The van der Waals surface area contributed by atoms with Crippen LogP contribution in [0.4, 0.5) is 5.69 Å². The van der Waals surface area contributed by atoms with Gasteiger partial charge in [-0.2, -0.15) is 0 Å². The predicted molar refractivity (Wildman–Crippen MR) is 118 cm³/mol. The van der Waals surface area contributed by atoms with E-state index < -0.39 is 10.0 Å². The smallest absolute Gasteiger partial charge is 0.254 e. The van der Waals surface area contributed by atoms with Crippen molar-refractivity contribution in [2.75, 3.05) is 26.5 Å². The molecule has 0 saturated heterocycles. The molecular formula is C22H26N4O4S. The number of amides is 1. The fraction of sp³-hybridized carbons (Fsp3) is 0.273. The van der Waals surface area contributed by atoms with E-state index in [1.807, 2.05) is 31.2 Å². The van der Waals surface area contributed by atoms with E-state index in [1.54, 1.807) is 36.7 Å². The molecule has 0 fully saturated rings. The first-order valence-electron chi connectivity index (χ1n) is 9.71. The number of rotatable bonds is 8. The van der Waals surface area contributed by atoms with Crippen molar-refractivity contribution in [2.24, 2.45) is 0 Å². The van der Waals surface area contributed by atoms with Gasteiger partial charge >= 0.3 is 0 Å². The third-order valence-corrected chi connectivity index (χ3v) is 6.82. The fourth-order valence-electron chi connectivity index (χ4n) is 2.98. The second-order valence-corrected chi connectivity index (χ2v) is 9.52. The Labute approximate surface area is 182 Å². The number of carbonyl (C=O) groups excluding carboxylic acids is 1. The Morgan fingerprint density at radius 2 is 1.94 bits per heavy atom. The summed E-state index contributed by atoms with van der Waals surface area (Å²) in [5, 5.41) is 3.17. The maximum Gasteiger partial charge on any atom is 0.254 e. The van der Waals surface area contributed by atoms with Gasteiger partial charge in [0.15, 0.2) is 0 Å². The maximum absolute atomic E-state index is 13.2. The summed E-state index contributed by atoms with van der Waals surface area (Å²) in [6, 6.07) is 11.6. The molecule has 0 aliphatic carbocycles. The van der Waals surface area contributed by atoms with Gasteiger partial charge in [0.05, 0.1) is 29.2 Å². The van der Waals surface area contributed by atoms with Gasteiger partial charge in [-0.1, -0.05) is 6.07 Å². The zero-order valence-electron chi connectivity index (χ0n) is 17.9. The number of sulfonamides is 1. The van der Waals surface area contributed by atoms with Gasteiger partial charge in [-0.3, -0.25) is 9.78 Å². The van der Waals surface area contributed by atoms with Crippen LogP contribution in [0.1, 0.15) is 34.6 Å². The van der Waals surface area contributed by atoms with Crippen LogP contribution in [0.5, 0.6) is 0 Å². The van der Waals surface area contributed by atoms with Gasteiger partial charge in [0.25, 0.3) is 5.91 Å². The van der Waals surface area contributed by atoms with Gasteiger partial charge in [0, 0.05) is 50.7 Å². The second kappa shape index (κ2) is 9.32. The highest BCUT2D eigenvalue weighted by Crippen LogP contribution is 2.25. The van der Waals surface area contributed by atoms with Crippen LogP contribution in [0.3, 0.4) is 0 Å². The van der Waals surface area contributed by atoms with Crippen molar-refractivity contribution in [2.45, 2.75) is 24.4 Å². The lowest BCUT2D eigenvalue weighted by Crippen LogP contribution is -2.30. The zero-order chi connectivity index (χ0) is 22.6. The molecule has 31 heavy (non-hydrogen) atoms. The molecule has 0 aliphatic rings. The maximum atomic E-state index is 13.2. The molecule has 0 saturated carbocycles. The molecule has 1 aromatic carbocycles. The number of pyridine rings is 1. The Morgan fingerprint density at radius 3 is 2.55 bits per heavy atom. The van der Waals surface area contributed by atoms with Crippen LogP contribution >= 0.6 is 0 Å². The Morgan fingerprint density at radius 1 is 1.16 bits per heavy atom. The lowest BCUT2D eigenvalue weighted by Gasteiger charge is -2.25. The summed E-state index contributed by atoms with van der Waals surface area (Å²) in [6.07, 6.45) is 4.83. The molecule has 3 rings (SSSR count). The van der Waals surface area contributed by atoms with Crippen LogP contribution in [0, 0.1) is 0 Å². The zero-order valence-corrected chi connectivity index (χ0v) is 18.8. The Balaban J connectivity index is 1.95. The summed E-state index contributed by atoms with van der Waals surface area (Å²) in [5.41, 5.74) is 2.43. The highest BCUT2D eigenvalue weighted by Gasteiger charge is 2.24. The number of anilines is 1. The summed E-state index contributed by atoms with van der Waals surface area (Å²) in [5.74, 6) is -0.305. The minimum atomic E-state index is -3.73. The van der Waals surface area contributed by atoms with Crippen molar-refractivity contribution in [1.82, 2.24) is 14.2 Å². The van der Waals surface area contributed by atoms with Crippen molar-refractivity contribution in [3.05, 3.63) is 78.0 Å². The van der Waals surface area contributed by atoms with Crippen LogP contribution < -0.4 is 5.32 Å². The molecule has 0 unspecified atom stereocenters. The summed E-state index contributed by atoms with van der Waals surface area (Å²) >= 11 is 0. The first kappa shape index (κ1) is 22.5. The van der Waals surface area contributed by atoms with E-state index in [1.165, 1.54) is 26.2 Å². The van der Waals surface area contributed by atoms with Crippen LogP contribution in [0.2, 0.25) is 0 Å². The van der Waals surface area contributed by atoms with Gasteiger partial charge in [-0.15, -0.1) is 0 Å². The van der Waals surface area contributed by atoms with E-state index >= 15 is 0 Å². The number of hydrogen-bond acceptors (Lipinski definition) is 6. The number of aromatic nitrogens is 1. The predicted octanol–water partition coefficient (Wildman–Crippen LogP) is 3.37. The largest absolute Gasteiger partial charge is 0.472 e. The monoisotopic (exact) mass is 442 g/mol. The van der Waals surface area contributed by atoms with E-state index in [0.29, 0.717) is 12.2 Å². The topological polar surface area (TPSA) is 95.7 Å². The number of benzene rings is 1. The first-order valence-corrected chi connectivity index (χ1v) is 11.1. The highest BCUT2D eigenvalue weighted by atomic mass is 32.2. The molecule has 0 bridgehead atoms. The lowest BCUT2D eigenvalue weighted by atomic mass is 10.1. The molecule has 0 aliphatic heterocycles. The summed E-state index contributed by atoms with van der Waals surface area (Å²) in [6.45, 7) is 2.30. The third kappa shape index (κ3) is 5.12. The number of furan rings is 1. The number of nitrogens with zero attached hydrogens (tertiary/aromatic N) is 3. The minimum absolute atomic E-state index is 0.0388. The van der Waals surface area contributed by atoms with E-state index in [4.69, 9.17) is 4.42 Å². The molecule has 0 spiro atoms. The van der Waals surface area contributed by atoms with Crippen LogP contribution in [-0.4, -0.2) is 49.7 Å². The normalized spacial score (nSPS) is 12.5. The molecule has 164 valence electrons. The van der Waals surface area contributed by atoms with Crippen molar-refractivity contribution in [1.29, 1.82) is 0 Å². The van der Waals surface area contributed by atoms with Gasteiger partial charge in [-0.25, -0.2) is 12.7 Å². The van der Waals surface area contributed by atoms with E-state index in [2.05, 4.69) is 10.3 Å². The van der Waals surface area contributed by atoms with E-state index in [9.17, 15) is 13.2 Å². The standard InChI is InChI=1S/C22H26N4O4S/c1-16(21-7-5-6-9-23-21)26(4)22(27)18-11-19(24-14-17-8-10-30-15-17)13-20(12-18)31(28,29)25(2)3/h5-13,15-16,24H,14H2,1-4H3/t16-/m1/s1. The second-order valence-electron chi connectivity index (χ2n) is 7.37. The van der Waals surface area contributed by atoms with Gasteiger partial charge in [0.1, 0.15) is 0 Å². The molecule has 8 nitrogen and oxygen atoms in total. The summed E-state index contributed by atoms with van der Waals surface area (Å²) in [7, 11) is 0.852. The molecule has 3 aromatic rings. The molecule has 1 amide bonds. The summed E-state index contributed by atoms with van der Waals surface area (Å²) < 4.78 is 31.7. The molecular weight excluding hydrogens is 416 g/mol. The van der Waals surface area contributed by atoms with Gasteiger partial charge in [-0.05, 0) is 43.3 Å². The summed E-state index contributed by atoms with van der Waals surface area (Å²) in [4.78, 5) is 19.1. The quantitative estimate of drug-likeness (QED) is 0.575. The Hall–Kier alpha value is -3.17. The van der Waals surface area contributed by atoms with Gasteiger partial charge in [0.2, 0.25) is 10.0 Å². The van der Waals surface area contributed by atoms with Crippen molar-refractivity contribution in [3.8, 4) is 0 Å². The molecule has 9 heteroatoms. The molecule has 2 heterocycles. The van der Waals surface area contributed by atoms with Gasteiger partial charge < -0.3 is 14.6 Å².